The van der Waals surface area contributed by atoms with Crippen LogP contribution in [-0.4, -0.2) is 14.5 Å². The van der Waals surface area contributed by atoms with E-state index < -0.39 is 0 Å². The van der Waals surface area contributed by atoms with Gasteiger partial charge in [0.1, 0.15) is 5.75 Å². The summed E-state index contributed by atoms with van der Waals surface area (Å²) in [6.45, 7) is 4.74. The molecule has 2 aromatic heterocycles. The Balaban J connectivity index is 1.85. The lowest BCUT2D eigenvalue weighted by Crippen LogP contribution is -2.03. The van der Waals surface area contributed by atoms with Gasteiger partial charge in [-0.25, -0.2) is 4.98 Å². The quantitative estimate of drug-likeness (QED) is 0.719. The van der Waals surface area contributed by atoms with Gasteiger partial charge >= 0.3 is 0 Å². The summed E-state index contributed by atoms with van der Waals surface area (Å²) in [7, 11) is 0. The molecule has 0 atom stereocenters. The van der Waals surface area contributed by atoms with Crippen molar-refractivity contribution in [2.75, 3.05) is 5.32 Å². The Morgan fingerprint density at radius 1 is 1.40 bits per heavy atom. The molecule has 3 rings (SSSR count). The summed E-state index contributed by atoms with van der Waals surface area (Å²) < 4.78 is 2.12. The van der Waals surface area contributed by atoms with Gasteiger partial charge in [-0.1, -0.05) is 11.6 Å². The standard InChI is InChI=1S/C14H14ClN3OS/c1-8-7-18-12(9(2)17-14(18)20-8)6-16-10-3-4-13(19)11(15)5-10/h3-5,7,16,19H,6H2,1-2H3. The molecule has 0 aliphatic heterocycles. The summed E-state index contributed by atoms with van der Waals surface area (Å²) in [5.41, 5.74) is 3.02. The second kappa shape index (κ2) is 5.00. The van der Waals surface area contributed by atoms with Crippen molar-refractivity contribution in [3.63, 3.8) is 0 Å². The molecule has 2 N–H and O–H groups in total. The van der Waals surface area contributed by atoms with Crippen LogP contribution in [0.2, 0.25) is 5.02 Å². The molecule has 6 heteroatoms. The molecule has 1 aromatic carbocycles. The van der Waals surface area contributed by atoms with E-state index in [4.69, 9.17) is 11.6 Å². The van der Waals surface area contributed by atoms with E-state index in [0.29, 0.717) is 11.6 Å². The molecule has 0 unspecified atom stereocenters. The Labute approximate surface area is 125 Å². The number of phenols is 1. The van der Waals surface area contributed by atoms with Gasteiger partial charge in [0.15, 0.2) is 4.96 Å². The van der Waals surface area contributed by atoms with E-state index in [1.807, 2.05) is 6.92 Å². The van der Waals surface area contributed by atoms with Gasteiger partial charge < -0.3 is 10.4 Å². The molecule has 0 saturated carbocycles. The number of nitrogens with one attached hydrogen (secondary N) is 1. The number of hydrogen-bond acceptors (Lipinski definition) is 4. The van der Waals surface area contributed by atoms with E-state index in [1.165, 1.54) is 4.88 Å². The van der Waals surface area contributed by atoms with E-state index in [-0.39, 0.29) is 5.75 Å². The highest BCUT2D eigenvalue weighted by molar-refractivity contribution is 7.17. The van der Waals surface area contributed by atoms with Crippen molar-refractivity contribution < 1.29 is 5.11 Å². The Morgan fingerprint density at radius 3 is 2.95 bits per heavy atom. The molecule has 0 radical (unpaired) electrons. The lowest BCUT2D eigenvalue weighted by atomic mass is 10.3. The fraction of sp³-hybridized carbons (Fsp3) is 0.214. The lowest BCUT2D eigenvalue weighted by molar-refractivity contribution is 0.475. The van der Waals surface area contributed by atoms with Crippen LogP contribution in [0.1, 0.15) is 16.3 Å². The molecule has 4 nitrogen and oxygen atoms in total. The number of hydrogen-bond donors (Lipinski definition) is 2. The molecule has 0 amide bonds. The first-order valence-electron chi connectivity index (χ1n) is 6.21. The molecule has 0 bridgehead atoms. The number of halogens is 1. The second-order valence-electron chi connectivity index (χ2n) is 4.66. The van der Waals surface area contributed by atoms with Gasteiger partial charge in [0, 0.05) is 16.8 Å². The fourth-order valence-electron chi connectivity index (χ4n) is 2.12. The van der Waals surface area contributed by atoms with Crippen molar-refractivity contribution in [1.82, 2.24) is 9.38 Å². The summed E-state index contributed by atoms with van der Waals surface area (Å²) in [6.07, 6.45) is 2.10. The van der Waals surface area contributed by atoms with Crippen molar-refractivity contribution in [2.45, 2.75) is 20.4 Å². The SMILES string of the molecule is Cc1cn2c(CNc3ccc(O)c(Cl)c3)c(C)nc2s1. The van der Waals surface area contributed by atoms with Crippen molar-refractivity contribution in [1.29, 1.82) is 0 Å². The number of phenolic OH excluding ortho intramolecular Hbond substituents is 1. The second-order valence-corrected chi connectivity index (χ2v) is 6.28. The van der Waals surface area contributed by atoms with Crippen LogP contribution in [0.3, 0.4) is 0 Å². The first-order chi connectivity index (χ1) is 9.54. The molecule has 104 valence electrons. The lowest BCUT2D eigenvalue weighted by Gasteiger charge is -2.07. The maximum absolute atomic E-state index is 9.41. The number of aromatic nitrogens is 2. The van der Waals surface area contributed by atoms with Gasteiger partial charge in [-0.3, -0.25) is 4.40 Å². The number of rotatable bonds is 3. The number of imidazole rings is 1. The number of nitrogens with zero attached hydrogens (tertiary/aromatic N) is 2. The minimum absolute atomic E-state index is 0.0913. The number of benzene rings is 1. The maximum Gasteiger partial charge on any atom is 0.194 e. The molecular formula is C14H14ClN3OS. The van der Waals surface area contributed by atoms with Gasteiger partial charge in [-0.15, -0.1) is 11.3 Å². The average molecular weight is 308 g/mol. The van der Waals surface area contributed by atoms with Gasteiger partial charge in [-0.05, 0) is 32.0 Å². The molecule has 20 heavy (non-hydrogen) atoms. The summed E-state index contributed by atoms with van der Waals surface area (Å²) in [4.78, 5) is 6.81. The average Bonchev–Trinajstić information content (AvgIpc) is 2.87. The van der Waals surface area contributed by atoms with Gasteiger partial charge in [-0.2, -0.15) is 0 Å². The largest absolute Gasteiger partial charge is 0.506 e. The number of aryl methyl sites for hydroxylation is 2. The number of aromatic hydroxyl groups is 1. The monoisotopic (exact) mass is 307 g/mol. The van der Waals surface area contributed by atoms with Crippen LogP contribution < -0.4 is 5.32 Å². The molecule has 0 aliphatic carbocycles. The van der Waals surface area contributed by atoms with E-state index in [2.05, 4.69) is 27.8 Å². The van der Waals surface area contributed by atoms with Crippen molar-refractivity contribution in [2.24, 2.45) is 0 Å². The van der Waals surface area contributed by atoms with E-state index >= 15 is 0 Å². The smallest absolute Gasteiger partial charge is 0.194 e. The van der Waals surface area contributed by atoms with Crippen LogP contribution in [-0.2, 0) is 6.54 Å². The summed E-state index contributed by atoms with van der Waals surface area (Å²) in [5, 5.41) is 13.1. The molecular weight excluding hydrogens is 294 g/mol. The van der Waals surface area contributed by atoms with Crippen LogP contribution >= 0.6 is 22.9 Å². The van der Waals surface area contributed by atoms with Crippen LogP contribution in [0.4, 0.5) is 5.69 Å². The van der Waals surface area contributed by atoms with Gasteiger partial charge in [0.25, 0.3) is 0 Å². The Bertz CT molecular complexity index is 778. The normalized spacial score (nSPS) is 11.2. The summed E-state index contributed by atoms with van der Waals surface area (Å²) in [6, 6.07) is 5.09. The Kier molecular flexibility index (Phi) is 3.31. The minimum Gasteiger partial charge on any atom is -0.506 e. The van der Waals surface area contributed by atoms with Gasteiger partial charge in [0.05, 0.1) is 23.0 Å². The predicted octanol–water partition coefficient (Wildman–Crippen LogP) is 3.98. The maximum atomic E-state index is 9.41. The third-order valence-electron chi connectivity index (χ3n) is 3.15. The molecule has 0 fully saturated rings. The molecule has 0 saturated heterocycles. The summed E-state index contributed by atoms with van der Waals surface area (Å²) in [5.74, 6) is 0.0913. The summed E-state index contributed by atoms with van der Waals surface area (Å²) >= 11 is 7.58. The number of anilines is 1. The number of fused-ring (bicyclic) bond motifs is 1. The van der Waals surface area contributed by atoms with Crippen molar-refractivity contribution >= 4 is 33.6 Å². The zero-order valence-electron chi connectivity index (χ0n) is 11.1. The highest BCUT2D eigenvalue weighted by Gasteiger charge is 2.11. The Morgan fingerprint density at radius 2 is 2.20 bits per heavy atom. The third kappa shape index (κ3) is 2.34. The van der Waals surface area contributed by atoms with Crippen LogP contribution in [0, 0.1) is 13.8 Å². The zero-order valence-corrected chi connectivity index (χ0v) is 12.7. The first-order valence-corrected chi connectivity index (χ1v) is 7.40. The van der Waals surface area contributed by atoms with Gasteiger partial charge in [0.2, 0.25) is 0 Å². The van der Waals surface area contributed by atoms with Crippen LogP contribution in [0.5, 0.6) is 5.75 Å². The van der Waals surface area contributed by atoms with Crippen molar-refractivity contribution in [3.05, 3.63) is 45.7 Å². The minimum atomic E-state index is 0.0913. The highest BCUT2D eigenvalue weighted by atomic mass is 35.5. The fourth-order valence-corrected chi connectivity index (χ4v) is 3.20. The molecule has 2 heterocycles. The van der Waals surface area contributed by atoms with E-state index in [1.54, 1.807) is 29.5 Å². The van der Waals surface area contributed by atoms with Crippen molar-refractivity contribution in [3.8, 4) is 5.75 Å². The molecule has 3 aromatic rings. The third-order valence-corrected chi connectivity index (χ3v) is 4.35. The topological polar surface area (TPSA) is 49.6 Å². The first kappa shape index (κ1) is 13.3. The van der Waals surface area contributed by atoms with Crippen LogP contribution in [0.15, 0.2) is 24.4 Å². The Hall–Kier alpha value is -1.72. The number of thiazole rings is 1. The van der Waals surface area contributed by atoms with E-state index in [9.17, 15) is 5.11 Å². The molecule has 0 aliphatic rings. The highest BCUT2D eigenvalue weighted by Crippen LogP contribution is 2.27. The zero-order chi connectivity index (χ0) is 14.3. The molecule has 0 spiro atoms. The predicted molar refractivity (Wildman–Crippen MR) is 83.0 cm³/mol. The van der Waals surface area contributed by atoms with E-state index in [0.717, 1.165) is 22.0 Å². The van der Waals surface area contributed by atoms with Crippen LogP contribution in [0.25, 0.3) is 4.96 Å².